The zero-order valence-electron chi connectivity index (χ0n) is 12.3. The highest BCUT2D eigenvalue weighted by Gasteiger charge is 2.37. The van der Waals surface area contributed by atoms with Crippen LogP contribution in [-0.2, 0) is 14.3 Å². The number of hydrogen-bond acceptors (Lipinski definition) is 4. The van der Waals surface area contributed by atoms with Crippen LogP contribution in [0.25, 0.3) is 0 Å². The van der Waals surface area contributed by atoms with Gasteiger partial charge in [0.1, 0.15) is 6.04 Å². The Morgan fingerprint density at radius 3 is 2.40 bits per heavy atom. The zero-order chi connectivity index (χ0) is 15.4. The Kier molecular flexibility index (Phi) is 5.35. The monoisotopic (exact) mass is 286 g/mol. The number of ether oxygens (including phenoxy) is 1. The van der Waals surface area contributed by atoms with Crippen molar-refractivity contribution in [2.45, 2.75) is 26.3 Å². The average Bonchev–Trinajstić information content (AvgIpc) is 2.85. The van der Waals surface area contributed by atoms with E-state index >= 15 is 0 Å². The van der Waals surface area contributed by atoms with Gasteiger partial charge in [0, 0.05) is 20.1 Å². The van der Waals surface area contributed by atoms with Gasteiger partial charge in [-0.15, -0.1) is 0 Å². The number of aliphatic carboxylic acids is 1. The third-order valence-corrected chi connectivity index (χ3v) is 3.62. The van der Waals surface area contributed by atoms with Crippen molar-refractivity contribution < 1.29 is 24.2 Å². The lowest BCUT2D eigenvalue weighted by Gasteiger charge is -2.29. The predicted octanol–water partition coefficient (Wildman–Crippen LogP) is 0.642. The van der Waals surface area contributed by atoms with Crippen LogP contribution in [0.1, 0.15) is 20.3 Å². The fraction of sp³-hybridized carbons (Fsp3) is 0.769. The Morgan fingerprint density at radius 2 is 1.95 bits per heavy atom. The predicted molar refractivity (Wildman–Crippen MR) is 71.1 cm³/mol. The molecule has 2 atom stereocenters. The van der Waals surface area contributed by atoms with Gasteiger partial charge in [-0.2, -0.15) is 0 Å². The van der Waals surface area contributed by atoms with E-state index in [1.165, 1.54) is 24.0 Å². The lowest BCUT2D eigenvalue weighted by atomic mass is 10.0. The highest BCUT2D eigenvalue weighted by atomic mass is 16.5. The van der Waals surface area contributed by atoms with Crippen molar-refractivity contribution in [3.63, 3.8) is 0 Å². The van der Waals surface area contributed by atoms with Crippen molar-refractivity contribution in [3.8, 4) is 0 Å². The summed E-state index contributed by atoms with van der Waals surface area (Å²) in [6, 6.07) is -0.852. The Morgan fingerprint density at radius 1 is 1.35 bits per heavy atom. The highest BCUT2D eigenvalue weighted by Crippen LogP contribution is 2.21. The standard InChI is InChI=1S/C13H22N2O5/c1-8(2)10(12(17)18)14(3)11(16)9-5-6-15(7-9)13(19)20-4/h8-10H,5-7H2,1-4H3,(H,17,18)/t9-,10-/m0/s1. The van der Waals surface area contributed by atoms with E-state index in [9.17, 15) is 19.5 Å². The topological polar surface area (TPSA) is 87.2 Å². The number of likely N-dealkylation sites (tertiary alicyclic amines) is 1. The number of rotatable bonds is 4. The SMILES string of the molecule is COC(=O)N1CC[C@H](C(=O)N(C)[C@H](C(=O)O)C(C)C)C1. The quantitative estimate of drug-likeness (QED) is 0.819. The van der Waals surface area contributed by atoms with Crippen LogP contribution in [0.3, 0.4) is 0 Å². The molecule has 1 fully saturated rings. The van der Waals surface area contributed by atoms with Gasteiger partial charge in [-0.3, -0.25) is 4.79 Å². The van der Waals surface area contributed by atoms with E-state index in [0.29, 0.717) is 13.0 Å². The largest absolute Gasteiger partial charge is 0.480 e. The maximum Gasteiger partial charge on any atom is 0.409 e. The Balaban J connectivity index is 2.71. The van der Waals surface area contributed by atoms with Gasteiger partial charge < -0.3 is 19.6 Å². The number of methoxy groups -OCH3 is 1. The van der Waals surface area contributed by atoms with E-state index in [1.54, 1.807) is 13.8 Å². The van der Waals surface area contributed by atoms with Crippen LogP contribution in [0.2, 0.25) is 0 Å². The fourth-order valence-corrected chi connectivity index (χ4v) is 2.58. The number of carbonyl (C=O) groups excluding carboxylic acids is 2. The summed E-state index contributed by atoms with van der Waals surface area (Å²) in [5, 5.41) is 9.21. The molecule has 7 nitrogen and oxygen atoms in total. The molecule has 0 aromatic carbocycles. The first kappa shape index (κ1) is 16.3. The van der Waals surface area contributed by atoms with E-state index < -0.39 is 18.1 Å². The fourth-order valence-electron chi connectivity index (χ4n) is 2.58. The van der Waals surface area contributed by atoms with Gasteiger partial charge in [0.2, 0.25) is 5.91 Å². The molecule has 0 unspecified atom stereocenters. The summed E-state index contributed by atoms with van der Waals surface area (Å²) in [7, 11) is 2.80. The first-order valence-electron chi connectivity index (χ1n) is 6.62. The number of carboxylic acid groups (broad SMARTS) is 1. The highest BCUT2D eigenvalue weighted by molar-refractivity contribution is 5.86. The number of likely N-dealkylation sites (N-methyl/N-ethyl adjacent to an activating group) is 1. The van der Waals surface area contributed by atoms with Crippen LogP contribution < -0.4 is 0 Å². The summed E-state index contributed by atoms with van der Waals surface area (Å²) < 4.78 is 4.61. The van der Waals surface area contributed by atoms with E-state index in [4.69, 9.17) is 0 Å². The minimum atomic E-state index is -1.02. The van der Waals surface area contributed by atoms with Gasteiger partial charge >= 0.3 is 12.1 Å². The van der Waals surface area contributed by atoms with Gasteiger partial charge in [-0.05, 0) is 12.3 Å². The lowest BCUT2D eigenvalue weighted by molar-refractivity contribution is -0.152. The van der Waals surface area contributed by atoms with Crippen LogP contribution in [0, 0.1) is 11.8 Å². The molecule has 20 heavy (non-hydrogen) atoms. The molecule has 1 N–H and O–H groups in total. The van der Waals surface area contributed by atoms with Crippen LogP contribution in [0.5, 0.6) is 0 Å². The molecule has 1 aliphatic rings. The van der Waals surface area contributed by atoms with E-state index in [2.05, 4.69) is 4.74 Å². The minimum absolute atomic E-state index is 0.181. The number of carboxylic acids is 1. The van der Waals surface area contributed by atoms with Gasteiger partial charge in [0.05, 0.1) is 13.0 Å². The number of amides is 2. The molecule has 1 heterocycles. The molecule has 2 amide bonds. The molecule has 0 aromatic rings. The molecule has 0 bridgehead atoms. The number of carbonyl (C=O) groups is 3. The molecule has 1 rings (SSSR count). The van der Waals surface area contributed by atoms with Gasteiger partial charge in [0.25, 0.3) is 0 Å². The second kappa shape index (κ2) is 6.58. The molecule has 7 heteroatoms. The second-order valence-electron chi connectivity index (χ2n) is 5.38. The Hall–Kier alpha value is -1.79. The van der Waals surface area contributed by atoms with Crippen LogP contribution in [0.4, 0.5) is 4.79 Å². The van der Waals surface area contributed by atoms with Gasteiger partial charge in [-0.1, -0.05) is 13.8 Å². The summed E-state index contributed by atoms with van der Waals surface area (Å²) in [4.78, 5) is 37.7. The Labute approximate surface area is 118 Å². The molecule has 0 aromatic heterocycles. The molecule has 1 aliphatic heterocycles. The van der Waals surface area contributed by atoms with Crippen molar-refractivity contribution in [3.05, 3.63) is 0 Å². The maximum absolute atomic E-state index is 12.3. The third-order valence-electron chi connectivity index (χ3n) is 3.62. The zero-order valence-corrected chi connectivity index (χ0v) is 12.3. The molecule has 0 spiro atoms. The van der Waals surface area contributed by atoms with Crippen molar-refractivity contribution in [1.82, 2.24) is 9.80 Å². The van der Waals surface area contributed by atoms with E-state index in [-0.39, 0.29) is 24.3 Å². The van der Waals surface area contributed by atoms with Crippen molar-refractivity contribution in [2.24, 2.45) is 11.8 Å². The van der Waals surface area contributed by atoms with Gasteiger partial charge in [0.15, 0.2) is 0 Å². The summed E-state index contributed by atoms with van der Waals surface area (Å²) in [6.45, 7) is 4.26. The van der Waals surface area contributed by atoms with Crippen molar-refractivity contribution >= 4 is 18.0 Å². The molecule has 1 saturated heterocycles. The summed E-state index contributed by atoms with van der Waals surface area (Å²) in [5.74, 6) is -1.80. The second-order valence-corrected chi connectivity index (χ2v) is 5.38. The number of hydrogen-bond donors (Lipinski definition) is 1. The first-order chi connectivity index (χ1) is 9.29. The van der Waals surface area contributed by atoms with E-state index in [0.717, 1.165) is 0 Å². The smallest absolute Gasteiger partial charge is 0.409 e. The molecule has 0 saturated carbocycles. The molecular weight excluding hydrogens is 264 g/mol. The average molecular weight is 286 g/mol. The maximum atomic E-state index is 12.3. The first-order valence-corrected chi connectivity index (χ1v) is 6.62. The molecular formula is C13H22N2O5. The summed E-state index contributed by atoms with van der Waals surface area (Å²) >= 11 is 0. The van der Waals surface area contributed by atoms with Crippen molar-refractivity contribution in [2.75, 3.05) is 27.2 Å². The van der Waals surface area contributed by atoms with E-state index in [1.807, 2.05) is 0 Å². The minimum Gasteiger partial charge on any atom is -0.480 e. The van der Waals surface area contributed by atoms with Crippen molar-refractivity contribution in [1.29, 1.82) is 0 Å². The normalized spacial score (nSPS) is 19.9. The van der Waals surface area contributed by atoms with Gasteiger partial charge in [-0.25, -0.2) is 9.59 Å². The summed E-state index contributed by atoms with van der Waals surface area (Å²) in [5.41, 5.74) is 0. The Bertz CT molecular complexity index is 396. The summed E-state index contributed by atoms with van der Waals surface area (Å²) in [6.07, 6.45) is 0.0736. The lowest BCUT2D eigenvalue weighted by Crippen LogP contribution is -2.48. The molecule has 0 aliphatic carbocycles. The molecule has 114 valence electrons. The molecule has 0 radical (unpaired) electrons. The van der Waals surface area contributed by atoms with Crippen LogP contribution in [-0.4, -0.2) is 66.2 Å². The van der Waals surface area contributed by atoms with Crippen LogP contribution >= 0.6 is 0 Å². The third kappa shape index (κ3) is 3.40. The number of nitrogens with zero attached hydrogens (tertiary/aromatic N) is 2. The van der Waals surface area contributed by atoms with Crippen LogP contribution in [0.15, 0.2) is 0 Å².